The molecule has 5 heteroatoms. The Kier molecular flexibility index (Phi) is 3.33. The molecular weight excluding hydrogens is 281 g/mol. The number of halogens is 2. The number of aryl methyl sites for hydroxylation is 1. The van der Waals surface area contributed by atoms with Crippen LogP contribution < -0.4 is 5.73 Å². The second-order valence-corrected chi connectivity index (χ2v) is 5.54. The Morgan fingerprint density at radius 3 is 2.74 bits per heavy atom. The lowest BCUT2D eigenvalue weighted by Crippen LogP contribution is -2.06. The van der Waals surface area contributed by atoms with Gasteiger partial charge in [0.25, 0.3) is 0 Å². The number of anilines is 1. The van der Waals surface area contributed by atoms with Gasteiger partial charge in [0.2, 0.25) is 0 Å². The van der Waals surface area contributed by atoms with Gasteiger partial charge in [-0.1, -0.05) is 29.3 Å². The lowest BCUT2D eigenvalue weighted by molar-refractivity contribution is 0.886. The summed E-state index contributed by atoms with van der Waals surface area (Å²) in [6, 6.07) is 5.56. The summed E-state index contributed by atoms with van der Waals surface area (Å²) in [5, 5.41) is 1.10. The highest BCUT2D eigenvalue weighted by molar-refractivity contribution is 6.42. The molecule has 0 saturated heterocycles. The number of fused-ring (bicyclic) bond motifs is 1. The topological polar surface area (TPSA) is 51.8 Å². The van der Waals surface area contributed by atoms with Gasteiger partial charge in [0.05, 0.1) is 10.0 Å². The van der Waals surface area contributed by atoms with Gasteiger partial charge in [-0.05, 0) is 37.0 Å². The fourth-order valence-corrected chi connectivity index (χ4v) is 2.75. The summed E-state index contributed by atoms with van der Waals surface area (Å²) < 4.78 is 0. The largest absolute Gasteiger partial charge is 0.383 e. The summed E-state index contributed by atoms with van der Waals surface area (Å²) in [6.45, 7) is 0. The molecule has 0 radical (unpaired) electrons. The highest BCUT2D eigenvalue weighted by Crippen LogP contribution is 2.26. The Balaban J connectivity index is 1.91. The minimum absolute atomic E-state index is 0.549. The van der Waals surface area contributed by atoms with Crippen molar-refractivity contribution >= 4 is 29.0 Å². The Morgan fingerprint density at radius 2 is 1.95 bits per heavy atom. The van der Waals surface area contributed by atoms with E-state index in [1.165, 1.54) is 0 Å². The number of hydrogen-bond donors (Lipinski definition) is 1. The quantitative estimate of drug-likeness (QED) is 0.923. The maximum absolute atomic E-state index is 6.01. The first kappa shape index (κ1) is 12.7. The molecule has 3 nitrogen and oxygen atoms in total. The molecule has 0 aliphatic heterocycles. The fraction of sp³-hybridized carbons (Fsp3) is 0.286. The second kappa shape index (κ2) is 4.99. The molecule has 1 heterocycles. The van der Waals surface area contributed by atoms with Gasteiger partial charge in [-0.15, -0.1) is 0 Å². The van der Waals surface area contributed by atoms with Gasteiger partial charge < -0.3 is 5.73 Å². The third-order valence-electron chi connectivity index (χ3n) is 3.36. The minimum Gasteiger partial charge on any atom is -0.383 e. The number of hydrogen-bond acceptors (Lipinski definition) is 3. The SMILES string of the molecule is Nc1nc(Cc2ccc(Cl)c(Cl)c2)nc2c1CCC2. The van der Waals surface area contributed by atoms with E-state index in [1.54, 1.807) is 6.07 Å². The van der Waals surface area contributed by atoms with Crippen molar-refractivity contribution in [2.24, 2.45) is 0 Å². The Morgan fingerprint density at radius 1 is 1.11 bits per heavy atom. The predicted octanol–water partition coefficient (Wildman–Crippen LogP) is 3.45. The number of nitrogen functional groups attached to an aromatic ring is 1. The average molecular weight is 294 g/mol. The molecule has 0 unspecified atom stereocenters. The van der Waals surface area contributed by atoms with E-state index >= 15 is 0 Å². The molecule has 1 aromatic carbocycles. The van der Waals surface area contributed by atoms with Gasteiger partial charge in [-0.25, -0.2) is 9.97 Å². The maximum atomic E-state index is 6.01. The third kappa shape index (κ3) is 2.53. The molecule has 1 aliphatic rings. The van der Waals surface area contributed by atoms with Crippen molar-refractivity contribution in [3.63, 3.8) is 0 Å². The number of rotatable bonds is 2. The highest BCUT2D eigenvalue weighted by atomic mass is 35.5. The zero-order chi connectivity index (χ0) is 13.4. The Labute approximate surface area is 121 Å². The number of benzene rings is 1. The van der Waals surface area contributed by atoms with E-state index in [9.17, 15) is 0 Å². The first-order valence-electron chi connectivity index (χ1n) is 6.21. The van der Waals surface area contributed by atoms with Crippen LogP contribution in [0.25, 0.3) is 0 Å². The van der Waals surface area contributed by atoms with Crippen LogP contribution in [-0.4, -0.2) is 9.97 Å². The van der Waals surface area contributed by atoms with Crippen LogP contribution in [0.4, 0.5) is 5.82 Å². The van der Waals surface area contributed by atoms with Gasteiger partial charge in [0.15, 0.2) is 0 Å². The third-order valence-corrected chi connectivity index (χ3v) is 4.10. The van der Waals surface area contributed by atoms with Crippen LogP contribution in [0.1, 0.15) is 29.1 Å². The zero-order valence-electron chi connectivity index (χ0n) is 10.3. The highest BCUT2D eigenvalue weighted by Gasteiger charge is 2.17. The summed E-state index contributed by atoms with van der Waals surface area (Å²) in [4.78, 5) is 8.98. The first-order valence-corrected chi connectivity index (χ1v) is 6.97. The molecule has 2 aromatic rings. The summed E-state index contributed by atoms with van der Waals surface area (Å²) in [6.07, 6.45) is 3.73. The summed E-state index contributed by atoms with van der Waals surface area (Å²) in [7, 11) is 0. The van der Waals surface area contributed by atoms with Crippen molar-refractivity contribution in [3.05, 3.63) is 50.9 Å². The monoisotopic (exact) mass is 293 g/mol. The fourth-order valence-electron chi connectivity index (χ4n) is 2.43. The van der Waals surface area contributed by atoms with E-state index in [1.807, 2.05) is 12.1 Å². The van der Waals surface area contributed by atoms with Crippen molar-refractivity contribution in [3.8, 4) is 0 Å². The van der Waals surface area contributed by atoms with Crippen molar-refractivity contribution in [1.82, 2.24) is 9.97 Å². The molecule has 3 rings (SSSR count). The Hall–Kier alpha value is -1.32. The number of nitrogens with zero attached hydrogens (tertiary/aromatic N) is 2. The summed E-state index contributed by atoms with van der Waals surface area (Å²) in [5.41, 5.74) is 9.24. The van der Waals surface area contributed by atoms with Crippen LogP contribution in [0.5, 0.6) is 0 Å². The van der Waals surface area contributed by atoms with Crippen LogP contribution >= 0.6 is 23.2 Å². The minimum atomic E-state index is 0.549. The van der Waals surface area contributed by atoms with Crippen LogP contribution in [-0.2, 0) is 19.3 Å². The lowest BCUT2D eigenvalue weighted by Gasteiger charge is -2.07. The van der Waals surface area contributed by atoms with E-state index in [2.05, 4.69) is 9.97 Å². The van der Waals surface area contributed by atoms with Crippen molar-refractivity contribution in [2.45, 2.75) is 25.7 Å². The summed E-state index contributed by atoms with van der Waals surface area (Å²) in [5.74, 6) is 1.37. The molecule has 0 amide bonds. The maximum Gasteiger partial charge on any atom is 0.135 e. The van der Waals surface area contributed by atoms with Gasteiger partial charge in [-0.2, -0.15) is 0 Å². The molecule has 0 atom stereocenters. The smallest absolute Gasteiger partial charge is 0.135 e. The molecule has 1 aliphatic carbocycles. The van der Waals surface area contributed by atoms with Gasteiger partial charge in [0, 0.05) is 17.7 Å². The van der Waals surface area contributed by atoms with Gasteiger partial charge >= 0.3 is 0 Å². The van der Waals surface area contributed by atoms with Crippen molar-refractivity contribution in [2.75, 3.05) is 5.73 Å². The standard InChI is InChI=1S/C14H13Cl2N3/c15-10-5-4-8(6-11(10)16)7-13-18-12-3-1-2-9(12)14(17)19-13/h4-6H,1-3,7H2,(H2,17,18,19). The molecule has 1 aromatic heterocycles. The average Bonchev–Trinajstić information content (AvgIpc) is 2.82. The normalized spacial score (nSPS) is 13.6. The molecule has 0 saturated carbocycles. The zero-order valence-corrected chi connectivity index (χ0v) is 11.8. The Bertz CT molecular complexity index is 641. The molecule has 2 N–H and O–H groups in total. The van der Waals surface area contributed by atoms with Crippen LogP contribution in [0.2, 0.25) is 10.0 Å². The lowest BCUT2D eigenvalue weighted by atomic mass is 10.1. The number of nitrogens with two attached hydrogens (primary N) is 1. The molecule has 19 heavy (non-hydrogen) atoms. The molecule has 98 valence electrons. The van der Waals surface area contributed by atoms with Gasteiger partial charge in [0.1, 0.15) is 11.6 Å². The molecule has 0 spiro atoms. The van der Waals surface area contributed by atoms with E-state index in [0.29, 0.717) is 22.3 Å². The van der Waals surface area contributed by atoms with Gasteiger partial charge in [-0.3, -0.25) is 0 Å². The van der Waals surface area contributed by atoms with Crippen molar-refractivity contribution < 1.29 is 0 Å². The van der Waals surface area contributed by atoms with E-state index in [4.69, 9.17) is 28.9 Å². The van der Waals surface area contributed by atoms with Crippen LogP contribution in [0, 0.1) is 0 Å². The van der Waals surface area contributed by atoms with E-state index in [-0.39, 0.29) is 0 Å². The molecule has 0 bridgehead atoms. The van der Waals surface area contributed by atoms with E-state index in [0.717, 1.165) is 41.9 Å². The van der Waals surface area contributed by atoms with Crippen LogP contribution in [0.15, 0.2) is 18.2 Å². The predicted molar refractivity (Wildman–Crippen MR) is 77.7 cm³/mol. The first-order chi connectivity index (χ1) is 9.13. The van der Waals surface area contributed by atoms with E-state index < -0.39 is 0 Å². The van der Waals surface area contributed by atoms with Crippen molar-refractivity contribution in [1.29, 1.82) is 0 Å². The number of aromatic nitrogens is 2. The molecular formula is C14H13Cl2N3. The van der Waals surface area contributed by atoms with Crippen LogP contribution in [0.3, 0.4) is 0 Å². The molecule has 0 fully saturated rings. The second-order valence-electron chi connectivity index (χ2n) is 4.73. The summed E-state index contributed by atoms with van der Waals surface area (Å²) >= 11 is 11.9.